The lowest BCUT2D eigenvalue weighted by atomic mass is 10.1. The van der Waals surface area contributed by atoms with E-state index < -0.39 is 11.7 Å². The second kappa shape index (κ2) is 4.41. The van der Waals surface area contributed by atoms with Gasteiger partial charge in [0.2, 0.25) is 5.91 Å². The van der Waals surface area contributed by atoms with Gasteiger partial charge in [0.1, 0.15) is 0 Å². The Balaban J connectivity index is 3.14. The summed E-state index contributed by atoms with van der Waals surface area (Å²) < 4.78 is 18.9. The Labute approximate surface area is 89.2 Å². The Kier molecular flexibility index (Phi) is 3.46. The second-order valence-corrected chi connectivity index (χ2v) is 3.55. The lowest BCUT2D eigenvalue weighted by molar-refractivity contribution is -0.117. The maximum absolute atomic E-state index is 13.5. The first-order valence-electron chi connectivity index (χ1n) is 3.85. The fourth-order valence-electron chi connectivity index (χ4n) is 1.08. The SMILES string of the molecule is COc1c(Br)ccc(CC(N)=O)c1F. The highest BCUT2D eigenvalue weighted by atomic mass is 79.9. The van der Waals surface area contributed by atoms with Crippen molar-refractivity contribution in [3.63, 3.8) is 0 Å². The quantitative estimate of drug-likeness (QED) is 0.899. The summed E-state index contributed by atoms with van der Waals surface area (Å²) in [7, 11) is 1.36. The van der Waals surface area contributed by atoms with Gasteiger partial charge in [-0.2, -0.15) is 0 Å². The molecular weight excluding hydrogens is 253 g/mol. The van der Waals surface area contributed by atoms with Crippen LogP contribution in [0.25, 0.3) is 0 Å². The fraction of sp³-hybridized carbons (Fsp3) is 0.222. The number of halogens is 2. The van der Waals surface area contributed by atoms with Crippen LogP contribution in [0.3, 0.4) is 0 Å². The number of benzene rings is 1. The third-order valence-corrected chi connectivity index (χ3v) is 2.32. The van der Waals surface area contributed by atoms with E-state index in [2.05, 4.69) is 15.9 Å². The van der Waals surface area contributed by atoms with E-state index >= 15 is 0 Å². The second-order valence-electron chi connectivity index (χ2n) is 2.70. The maximum atomic E-state index is 13.5. The van der Waals surface area contributed by atoms with Gasteiger partial charge >= 0.3 is 0 Å². The van der Waals surface area contributed by atoms with Crippen LogP contribution in [-0.4, -0.2) is 13.0 Å². The van der Waals surface area contributed by atoms with Gasteiger partial charge in [-0.15, -0.1) is 0 Å². The van der Waals surface area contributed by atoms with E-state index in [0.29, 0.717) is 4.47 Å². The largest absolute Gasteiger partial charge is 0.492 e. The summed E-state index contributed by atoms with van der Waals surface area (Å²) in [4.78, 5) is 10.6. The Morgan fingerprint density at radius 3 is 2.79 bits per heavy atom. The number of hydrogen-bond donors (Lipinski definition) is 1. The van der Waals surface area contributed by atoms with E-state index in [1.807, 2.05) is 0 Å². The summed E-state index contributed by atoms with van der Waals surface area (Å²) in [6.07, 6.45) is -0.129. The third kappa shape index (κ3) is 2.23. The molecule has 0 saturated carbocycles. The average molecular weight is 262 g/mol. The monoisotopic (exact) mass is 261 g/mol. The van der Waals surface area contributed by atoms with Crippen molar-refractivity contribution in [2.75, 3.05) is 7.11 Å². The molecule has 5 heteroatoms. The van der Waals surface area contributed by atoms with Gasteiger partial charge in [-0.05, 0) is 22.0 Å². The molecule has 0 unspecified atom stereocenters. The number of carbonyl (C=O) groups is 1. The molecule has 0 heterocycles. The van der Waals surface area contributed by atoms with Crippen molar-refractivity contribution in [1.29, 1.82) is 0 Å². The van der Waals surface area contributed by atoms with Crippen molar-refractivity contribution < 1.29 is 13.9 Å². The zero-order valence-corrected chi connectivity index (χ0v) is 9.10. The number of hydrogen-bond acceptors (Lipinski definition) is 2. The average Bonchev–Trinajstić information content (AvgIpc) is 2.10. The normalized spacial score (nSPS) is 9.93. The molecule has 0 aromatic heterocycles. The molecule has 0 saturated heterocycles. The number of primary amides is 1. The fourth-order valence-corrected chi connectivity index (χ4v) is 1.55. The van der Waals surface area contributed by atoms with Crippen LogP contribution < -0.4 is 10.5 Å². The molecule has 3 nitrogen and oxygen atoms in total. The number of carbonyl (C=O) groups excluding carboxylic acids is 1. The van der Waals surface area contributed by atoms with Gasteiger partial charge in [-0.25, -0.2) is 4.39 Å². The molecule has 1 aromatic carbocycles. The third-order valence-electron chi connectivity index (χ3n) is 1.70. The highest BCUT2D eigenvalue weighted by Crippen LogP contribution is 2.30. The summed E-state index contributed by atoms with van der Waals surface area (Å²) in [5, 5.41) is 0. The van der Waals surface area contributed by atoms with Gasteiger partial charge in [-0.3, -0.25) is 4.79 Å². The van der Waals surface area contributed by atoms with Crippen molar-refractivity contribution in [3.05, 3.63) is 28.0 Å². The summed E-state index contributed by atoms with van der Waals surface area (Å²) in [6.45, 7) is 0. The first-order chi connectivity index (χ1) is 6.56. The van der Waals surface area contributed by atoms with Crippen LogP contribution in [0.4, 0.5) is 4.39 Å². The molecule has 1 aromatic rings. The standard InChI is InChI=1S/C9H9BrFNO2/c1-14-9-6(10)3-2-5(8(9)11)4-7(12)13/h2-3H,4H2,1H3,(H2,12,13). The number of rotatable bonds is 3. The van der Waals surface area contributed by atoms with E-state index in [9.17, 15) is 9.18 Å². The van der Waals surface area contributed by atoms with E-state index in [-0.39, 0.29) is 17.7 Å². The summed E-state index contributed by atoms with van der Waals surface area (Å²) in [5.41, 5.74) is 5.20. The smallest absolute Gasteiger partial charge is 0.221 e. The van der Waals surface area contributed by atoms with Gasteiger partial charge in [0.25, 0.3) is 0 Å². The molecule has 14 heavy (non-hydrogen) atoms. The highest BCUT2D eigenvalue weighted by molar-refractivity contribution is 9.10. The maximum Gasteiger partial charge on any atom is 0.221 e. The van der Waals surface area contributed by atoms with Crippen LogP contribution >= 0.6 is 15.9 Å². The van der Waals surface area contributed by atoms with Crippen molar-refractivity contribution in [2.24, 2.45) is 5.73 Å². The van der Waals surface area contributed by atoms with Crippen LogP contribution in [0.2, 0.25) is 0 Å². The molecule has 0 bridgehead atoms. The lowest BCUT2D eigenvalue weighted by Gasteiger charge is -2.07. The molecule has 0 aliphatic carbocycles. The Hall–Kier alpha value is -1.10. The van der Waals surface area contributed by atoms with Crippen molar-refractivity contribution in [1.82, 2.24) is 0 Å². The molecule has 0 aliphatic heterocycles. The van der Waals surface area contributed by atoms with E-state index in [1.54, 1.807) is 6.07 Å². The molecule has 0 radical (unpaired) electrons. The molecule has 0 aliphatic rings. The Bertz CT molecular complexity index is 368. The number of nitrogens with two attached hydrogens (primary N) is 1. The lowest BCUT2D eigenvalue weighted by Crippen LogP contribution is -2.14. The molecule has 1 rings (SSSR count). The first-order valence-corrected chi connectivity index (χ1v) is 4.64. The van der Waals surface area contributed by atoms with Crippen LogP contribution in [0.1, 0.15) is 5.56 Å². The topological polar surface area (TPSA) is 52.3 Å². The minimum Gasteiger partial charge on any atom is -0.492 e. The van der Waals surface area contributed by atoms with Crippen molar-refractivity contribution in [3.8, 4) is 5.75 Å². The van der Waals surface area contributed by atoms with Gasteiger partial charge < -0.3 is 10.5 Å². The first kappa shape index (κ1) is 11.0. The summed E-state index contributed by atoms with van der Waals surface area (Å²) >= 11 is 3.13. The predicted octanol–water partition coefficient (Wildman–Crippen LogP) is 1.62. The minimum absolute atomic E-state index is 0.0868. The van der Waals surface area contributed by atoms with Crippen LogP contribution in [0.15, 0.2) is 16.6 Å². The van der Waals surface area contributed by atoms with Gasteiger partial charge in [0.05, 0.1) is 18.0 Å². The number of methoxy groups -OCH3 is 1. The van der Waals surface area contributed by atoms with Crippen molar-refractivity contribution >= 4 is 21.8 Å². The van der Waals surface area contributed by atoms with Gasteiger partial charge in [0, 0.05) is 5.56 Å². The van der Waals surface area contributed by atoms with Gasteiger partial charge in [-0.1, -0.05) is 6.07 Å². The summed E-state index contributed by atoms with van der Waals surface area (Å²) in [6, 6.07) is 3.10. The number of amides is 1. The Morgan fingerprint density at radius 1 is 1.64 bits per heavy atom. The van der Waals surface area contributed by atoms with E-state index in [4.69, 9.17) is 10.5 Å². The molecule has 0 fully saturated rings. The molecule has 0 atom stereocenters. The molecule has 1 amide bonds. The zero-order chi connectivity index (χ0) is 10.7. The zero-order valence-electron chi connectivity index (χ0n) is 7.51. The van der Waals surface area contributed by atoms with E-state index in [1.165, 1.54) is 13.2 Å². The predicted molar refractivity (Wildman–Crippen MR) is 53.6 cm³/mol. The van der Waals surface area contributed by atoms with E-state index in [0.717, 1.165) is 0 Å². The summed E-state index contributed by atoms with van der Waals surface area (Å²) in [5.74, 6) is -1.04. The van der Waals surface area contributed by atoms with Crippen LogP contribution in [0, 0.1) is 5.82 Å². The highest BCUT2D eigenvalue weighted by Gasteiger charge is 2.13. The molecule has 0 spiro atoms. The Morgan fingerprint density at radius 2 is 2.29 bits per heavy atom. The number of ether oxygens (including phenoxy) is 1. The van der Waals surface area contributed by atoms with Gasteiger partial charge in [0.15, 0.2) is 11.6 Å². The molecule has 2 N–H and O–H groups in total. The van der Waals surface area contributed by atoms with Crippen molar-refractivity contribution in [2.45, 2.75) is 6.42 Å². The molecular formula is C9H9BrFNO2. The van der Waals surface area contributed by atoms with Crippen LogP contribution in [0.5, 0.6) is 5.75 Å². The minimum atomic E-state index is -0.576. The molecule has 76 valence electrons. The van der Waals surface area contributed by atoms with Crippen LogP contribution in [-0.2, 0) is 11.2 Å².